The van der Waals surface area contributed by atoms with Crippen molar-refractivity contribution in [3.05, 3.63) is 96.1 Å². The number of nitrogens with zero attached hydrogens (tertiary/aromatic N) is 3. The van der Waals surface area contributed by atoms with Crippen LogP contribution in [0.25, 0.3) is 0 Å². The van der Waals surface area contributed by atoms with Crippen molar-refractivity contribution >= 4 is 35.3 Å². The smallest absolute Gasteiger partial charge is 0.249 e. The Bertz CT molecular complexity index is 1290. The number of carbonyl (C=O) groups excluding carboxylic acids is 3. The van der Waals surface area contributed by atoms with Crippen LogP contribution in [0.1, 0.15) is 17.2 Å². The number of benzene rings is 3. The van der Waals surface area contributed by atoms with E-state index in [1.165, 1.54) is 4.90 Å². The van der Waals surface area contributed by atoms with E-state index in [2.05, 4.69) is 10.4 Å². The van der Waals surface area contributed by atoms with Gasteiger partial charge in [-0.1, -0.05) is 60.7 Å². The summed E-state index contributed by atoms with van der Waals surface area (Å²) in [5, 5.41) is 9.10. The summed E-state index contributed by atoms with van der Waals surface area (Å²) < 4.78 is 0. The van der Waals surface area contributed by atoms with Gasteiger partial charge in [-0.2, -0.15) is 5.10 Å². The molecular formula is C26H20N4O3. The molecule has 1 N–H and O–H groups in total. The molecular weight excluding hydrogens is 416 g/mol. The fourth-order valence-corrected chi connectivity index (χ4v) is 5.24. The number of para-hydroxylation sites is 2. The molecule has 0 unspecified atom stereocenters. The first-order valence-electron chi connectivity index (χ1n) is 10.8. The number of hydrogen-bond donors (Lipinski definition) is 1. The van der Waals surface area contributed by atoms with Gasteiger partial charge < -0.3 is 5.32 Å². The normalized spacial score (nSPS) is 25.0. The Hall–Kier alpha value is -4.26. The zero-order valence-corrected chi connectivity index (χ0v) is 17.5. The molecule has 7 heteroatoms. The Morgan fingerprint density at radius 1 is 0.788 bits per heavy atom. The number of hydrazone groups is 1. The summed E-state index contributed by atoms with van der Waals surface area (Å²) in [7, 11) is 0. The van der Waals surface area contributed by atoms with Crippen LogP contribution in [-0.4, -0.2) is 35.0 Å². The molecule has 0 bridgehead atoms. The van der Waals surface area contributed by atoms with Gasteiger partial charge in [-0.15, -0.1) is 0 Å². The lowest BCUT2D eigenvalue weighted by atomic mass is 9.85. The summed E-state index contributed by atoms with van der Waals surface area (Å²) in [6.07, 6.45) is 1.69. The van der Waals surface area contributed by atoms with Gasteiger partial charge in [0.1, 0.15) is 6.04 Å². The van der Waals surface area contributed by atoms with Crippen molar-refractivity contribution < 1.29 is 14.4 Å². The summed E-state index contributed by atoms with van der Waals surface area (Å²) in [5.74, 6) is -2.57. The van der Waals surface area contributed by atoms with E-state index >= 15 is 0 Å². The van der Waals surface area contributed by atoms with Gasteiger partial charge in [-0.3, -0.25) is 19.4 Å². The lowest BCUT2D eigenvalue weighted by Crippen LogP contribution is -2.46. The second kappa shape index (κ2) is 7.41. The summed E-state index contributed by atoms with van der Waals surface area (Å²) >= 11 is 0. The van der Waals surface area contributed by atoms with Crippen molar-refractivity contribution in [3.63, 3.8) is 0 Å². The Kier molecular flexibility index (Phi) is 4.36. The highest BCUT2D eigenvalue weighted by Gasteiger charge is 2.65. The Balaban J connectivity index is 1.45. The molecule has 6 rings (SSSR count). The second-order valence-electron chi connectivity index (χ2n) is 8.40. The molecule has 3 aliphatic rings. The third-order valence-corrected chi connectivity index (χ3v) is 6.62. The van der Waals surface area contributed by atoms with E-state index in [0.29, 0.717) is 11.4 Å². The van der Waals surface area contributed by atoms with Gasteiger partial charge in [0.15, 0.2) is 0 Å². The molecule has 162 valence electrons. The van der Waals surface area contributed by atoms with Gasteiger partial charge in [-0.05, 0) is 35.4 Å². The number of rotatable bonds is 3. The first-order valence-corrected chi connectivity index (χ1v) is 10.8. The highest BCUT2D eigenvalue weighted by atomic mass is 16.2. The molecule has 0 spiro atoms. The van der Waals surface area contributed by atoms with Crippen LogP contribution in [0.2, 0.25) is 0 Å². The maximum absolute atomic E-state index is 13.7. The standard InChI is InChI=1S/C26H20N4O3/c31-24(28-17-10-3-1-4-11-17)23-21-20(22-19-14-8-7-9-16(19)15-27-30(22)23)25(32)29(26(21)33)18-12-5-2-6-13-18/h1-15,20-23H,(H,28,31)/t20-,21+,22-,23-/m1/s1. The Morgan fingerprint density at radius 3 is 2.18 bits per heavy atom. The molecule has 3 amide bonds. The van der Waals surface area contributed by atoms with Gasteiger partial charge in [0, 0.05) is 5.69 Å². The predicted molar refractivity (Wildman–Crippen MR) is 123 cm³/mol. The van der Waals surface area contributed by atoms with Crippen LogP contribution in [0.15, 0.2) is 90.0 Å². The number of hydrogen-bond acceptors (Lipinski definition) is 5. The molecule has 3 heterocycles. The number of anilines is 2. The highest BCUT2D eigenvalue weighted by molar-refractivity contribution is 6.24. The number of nitrogens with one attached hydrogen (secondary N) is 1. The molecule has 4 atom stereocenters. The fraction of sp³-hybridized carbons (Fsp3) is 0.154. The van der Waals surface area contributed by atoms with E-state index in [4.69, 9.17) is 0 Å². The summed E-state index contributed by atoms with van der Waals surface area (Å²) in [5.41, 5.74) is 2.93. The highest BCUT2D eigenvalue weighted by Crippen LogP contribution is 2.52. The molecule has 33 heavy (non-hydrogen) atoms. The second-order valence-corrected chi connectivity index (χ2v) is 8.40. The van der Waals surface area contributed by atoms with Crippen LogP contribution in [0.3, 0.4) is 0 Å². The monoisotopic (exact) mass is 436 g/mol. The summed E-state index contributed by atoms with van der Waals surface area (Å²) in [6, 6.07) is 24.2. The Labute approximate surface area is 190 Å². The molecule has 2 fully saturated rings. The minimum absolute atomic E-state index is 0.298. The molecule has 0 aliphatic carbocycles. The van der Waals surface area contributed by atoms with Gasteiger partial charge >= 0.3 is 0 Å². The van der Waals surface area contributed by atoms with E-state index in [1.807, 2.05) is 48.5 Å². The van der Waals surface area contributed by atoms with Gasteiger partial charge in [0.2, 0.25) is 17.7 Å². The van der Waals surface area contributed by atoms with Crippen LogP contribution in [0.5, 0.6) is 0 Å². The molecule has 0 aromatic heterocycles. The SMILES string of the molecule is O=C(Nc1ccccc1)[C@H]1[C@H]2C(=O)N(c3ccccc3)C(=O)[C@H]2[C@H]2c3ccccc3C=NN21. The Morgan fingerprint density at radius 2 is 1.42 bits per heavy atom. The van der Waals surface area contributed by atoms with E-state index < -0.39 is 23.9 Å². The van der Waals surface area contributed by atoms with Crippen LogP contribution < -0.4 is 10.2 Å². The van der Waals surface area contributed by atoms with E-state index in [1.54, 1.807) is 47.6 Å². The van der Waals surface area contributed by atoms with Crippen LogP contribution in [0.4, 0.5) is 11.4 Å². The quantitative estimate of drug-likeness (QED) is 0.640. The first kappa shape index (κ1) is 19.4. The molecule has 3 aromatic rings. The third-order valence-electron chi connectivity index (χ3n) is 6.62. The number of amides is 3. The molecule has 7 nitrogen and oxygen atoms in total. The number of carbonyl (C=O) groups is 3. The lowest BCUT2D eigenvalue weighted by molar-refractivity contribution is -0.129. The topological polar surface area (TPSA) is 82.1 Å². The molecule has 3 aromatic carbocycles. The number of fused-ring (bicyclic) bond motifs is 5. The van der Waals surface area contributed by atoms with Crippen LogP contribution in [-0.2, 0) is 14.4 Å². The van der Waals surface area contributed by atoms with Crippen molar-refractivity contribution in [1.29, 1.82) is 0 Å². The zero-order valence-electron chi connectivity index (χ0n) is 17.5. The zero-order chi connectivity index (χ0) is 22.5. The maximum atomic E-state index is 13.7. The summed E-state index contributed by atoms with van der Waals surface area (Å²) in [6.45, 7) is 0. The fourth-order valence-electron chi connectivity index (χ4n) is 5.24. The average Bonchev–Trinajstić information content (AvgIpc) is 3.33. The molecule has 0 saturated carbocycles. The molecule has 0 radical (unpaired) electrons. The van der Waals surface area contributed by atoms with Crippen molar-refractivity contribution in [1.82, 2.24) is 5.01 Å². The van der Waals surface area contributed by atoms with Crippen LogP contribution >= 0.6 is 0 Å². The minimum atomic E-state index is -0.907. The minimum Gasteiger partial charge on any atom is -0.324 e. The average molecular weight is 436 g/mol. The summed E-state index contributed by atoms with van der Waals surface area (Å²) in [4.78, 5) is 42.1. The van der Waals surface area contributed by atoms with Crippen molar-refractivity contribution in [2.24, 2.45) is 16.9 Å². The van der Waals surface area contributed by atoms with Crippen LogP contribution in [0, 0.1) is 11.8 Å². The van der Waals surface area contributed by atoms with Gasteiger partial charge in [-0.25, -0.2) is 4.90 Å². The largest absolute Gasteiger partial charge is 0.324 e. The van der Waals surface area contributed by atoms with E-state index in [0.717, 1.165) is 11.1 Å². The van der Waals surface area contributed by atoms with E-state index in [9.17, 15) is 14.4 Å². The first-order chi connectivity index (χ1) is 16.1. The molecule has 2 saturated heterocycles. The van der Waals surface area contributed by atoms with Gasteiger partial charge in [0.25, 0.3) is 0 Å². The maximum Gasteiger partial charge on any atom is 0.249 e. The van der Waals surface area contributed by atoms with Crippen molar-refractivity contribution in [2.75, 3.05) is 10.2 Å². The van der Waals surface area contributed by atoms with Crippen molar-refractivity contribution in [2.45, 2.75) is 12.1 Å². The van der Waals surface area contributed by atoms with Crippen molar-refractivity contribution in [3.8, 4) is 0 Å². The lowest BCUT2D eigenvalue weighted by Gasteiger charge is -2.33. The third kappa shape index (κ3) is 2.89. The van der Waals surface area contributed by atoms with E-state index in [-0.39, 0.29) is 17.7 Å². The van der Waals surface area contributed by atoms with Gasteiger partial charge in [0.05, 0.1) is 29.8 Å². The number of imide groups is 1. The molecule has 3 aliphatic heterocycles. The predicted octanol–water partition coefficient (Wildman–Crippen LogP) is 3.20.